The Morgan fingerprint density at radius 1 is 1.06 bits per heavy atom. The van der Waals surface area contributed by atoms with Crippen molar-refractivity contribution < 1.29 is 18.7 Å². The number of halogens is 1. The fourth-order valence-electron chi connectivity index (χ4n) is 3.90. The highest BCUT2D eigenvalue weighted by Gasteiger charge is 2.22. The zero-order valence-electron chi connectivity index (χ0n) is 18.0. The van der Waals surface area contributed by atoms with Crippen molar-refractivity contribution in [2.24, 2.45) is 0 Å². The molecule has 1 atom stereocenters. The number of para-hydroxylation sites is 1. The zero-order valence-corrected chi connectivity index (χ0v) is 18.0. The van der Waals surface area contributed by atoms with E-state index in [0.717, 1.165) is 22.0 Å². The van der Waals surface area contributed by atoms with Gasteiger partial charge in [0.1, 0.15) is 5.82 Å². The number of amides is 1. The van der Waals surface area contributed by atoms with Gasteiger partial charge >= 0.3 is 0 Å². The van der Waals surface area contributed by atoms with Gasteiger partial charge in [0.05, 0.1) is 19.3 Å². The Balaban J connectivity index is 1.71. The number of hydrogen-bond donors (Lipinski definition) is 2. The Bertz CT molecular complexity index is 1230. The van der Waals surface area contributed by atoms with Crippen LogP contribution < -0.4 is 14.8 Å². The van der Waals surface area contributed by atoms with E-state index >= 15 is 0 Å². The Morgan fingerprint density at radius 3 is 2.62 bits per heavy atom. The summed E-state index contributed by atoms with van der Waals surface area (Å²) in [6.45, 7) is 2.73. The van der Waals surface area contributed by atoms with Crippen molar-refractivity contribution in [1.82, 2.24) is 10.3 Å². The van der Waals surface area contributed by atoms with Crippen LogP contribution in [0, 0.1) is 5.82 Å². The van der Waals surface area contributed by atoms with Gasteiger partial charge in [-0.15, -0.1) is 0 Å². The first-order valence-corrected chi connectivity index (χ1v) is 10.5. The van der Waals surface area contributed by atoms with E-state index in [1.807, 2.05) is 55.6 Å². The van der Waals surface area contributed by atoms with Crippen molar-refractivity contribution in [1.29, 1.82) is 0 Å². The molecule has 1 heterocycles. The number of aromatic nitrogens is 1. The number of carbonyl (C=O) groups excluding carboxylic acids is 1. The topological polar surface area (TPSA) is 63.3 Å². The largest absolute Gasteiger partial charge is 0.493 e. The molecule has 4 rings (SSSR count). The molecule has 164 valence electrons. The van der Waals surface area contributed by atoms with Gasteiger partial charge in [-0.05, 0) is 48.4 Å². The third kappa shape index (κ3) is 4.30. The minimum Gasteiger partial charge on any atom is -0.493 e. The number of rotatable bonds is 8. The normalized spacial score (nSPS) is 11.8. The van der Waals surface area contributed by atoms with E-state index in [4.69, 9.17) is 9.47 Å². The second kappa shape index (κ2) is 9.56. The van der Waals surface area contributed by atoms with Crippen LogP contribution >= 0.6 is 0 Å². The molecule has 0 saturated carbocycles. The van der Waals surface area contributed by atoms with Crippen molar-refractivity contribution in [2.45, 2.75) is 12.8 Å². The molecular weight excluding hydrogens is 407 g/mol. The fraction of sp³-hybridized carbons (Fsp3) is 0.192. The Kier molecular flexibility index (Phi) is 6.40. The van der Waals surface area contributed by atoms with Crippen LogP contribution in [0.4, 0.5) is 4.39 Å². The minimum atomic E-state index is -0.545. The third-order valence-electron chi connectivity index (χ3n) is 5.47. The quantitative estimate of drug-likeness (QED) is 0.398. The lowest BCUT2D eigenvalue weighted by Crippen LogP contribution is -2.29. The average Bonchev–Trinajstić information content (AvgIpc) is 3.24. The van der Waals surface area contributed by atoms with E-state index in [0.29, 0.717) is 18.1 Å². The lowest BCUT2D eigenvalue weighted by molar-refractivity contribution is 0.0948. The number of H-pyrrole nitrogens is 1. The van der Waals surface area contributed by atoms with Crippen LogP contribution in [0.5, 0.6) is 11.5 Å². The van der Waals surface area contributed by atoms with Crippen molar-refractivity contribution in [3.8, 4) is 11.5 Å². The third-order valence-corrected chi connectivity index (χ3v) is 5.47. The van der Waals surface area contributed by atoms with Crippen LogP contribution in [0.1, 0.15) is 34.3 Å². The maximum Gasteiger partial charge on any atom is 0.254 e. The SMILES string of the molecule is CCOc1ccc([C@@H](CNC(=O)c2ccccc2F)c2c[nH]c3ccccc23)cc1OC. The molecule has 0 spiro atoms. The first-order chi connectivity index (χ1) is 15.6. The van der Waals surface area contributed by atoms with Crippen LogP contribution in [0.25, 0.3) is 10.9 Å². The molecule has 1 aromatic heterocycles. The molecule has 4 aromatic rings. The monoisotopic (exact) mass is 432 g/mol. The van der Waals surface area contributed by atoms with Gasteiger partial charge in [0.2, 0.25) is 0 Å². The molecule has 0 saturated heterocycles. The number of aromatic amines is 1. The van der Waals surface area contributed by atoms with Gasteiger partial charge in [-0.1, -0.05) is 36.4 Å². The molecule has 2 N–H and O–H groups in total. The lowest BCUT2D eigenvalue weighted by atomic mass is 9.90. The lowest BCUT2D eigenvalue weighted by Gasteiger charge is -2.20. The molecule has 0 radical (unpaired) electrons. The minimum absolute atomic E-state index is 0.0226. The van der Waals surface area contributed by atoms with E-state index in [1.165, 1.54) is 12.1 Å². The molecule has 6 heteroatoms. The highest BCUT2D eigenvalue weighted by molar-refractivity contribution is 5.94. The van der Waals surface area contributed by atoms with Gasteiger partial charge in [-0.2, -0.15) is 0 Å². The second-order valence-corrected chi connectivity index (χ2v) is 7.38. The summed E-state index contributed by atoms with van der Waals surface area (Å²) in [4.78, 5) is 16.0. The number of hydrogen-bond acceptors (Lipinski definition) is 3. The molecule has 0 aliphatic carbocycles. The molecule has 0 fully saturated rings. The van der Waals surface area contributed by atoms with E-state index in [-0.39, 0.29) is 18.0 Å². The van der Waals surface area contributed by atoms with E-state index in [9.17, 15) is 9.18 Å². The summed E-state index contributed by atoms with van der Waals surface area (Å²) < 4.78 is 25.3. The molecule has 0 bridgehead atoms. The number of benzene rings is 3. The summed E-state index contributed by atoms with van der Waals surface area (Å²) in [5.41, 5.74) is 3.00. The van der Waals surface area contributed by atoms with Gasteiger partial charge in [0.15, 0.2) is 11.5 Å². The number of methoxy groups -OCH3 is 1. The van der Waals surface area contributed by atoms with E-state index in [1.54, 1.807) is 19.2 Å². The smallest absolute Gasteiger partial charge is 0.254 e. The molecular formula is C26H25FN2O3. The van der Waals surface area contributed by atoms with Gasteiger partial charge < -0.3 is 19.8 Å². The summed E-state index contributed by atoms with van der Waals surface area (Å²) in [5.74, 6) is 0.0927. The van der Waals surface area contributed by atoms with Gasteiger partial charge in [-0.25, -0.2) is 4.39 Å². The summed E-state index contributed by atoms with van der Waals surface area (Å²) in [5, 5.41) is 3.96. The standard InChI is InChI=1S/C26H25FN2O3/c1-3-32-24-13-12-17(14-25(24)31-2)20(21-16-28-23-11-7-5-8-18(21)23)15-29-26(30)19-9-4-6-10-22(19)27/h4-14,16,20,28H,3,15H2,1-2H3,(H,29,30)/t20-/m1/s1. The Hall–Kier alpha value is -3.80. The highest BCUT2D eigenvalue weighted by atomic mass is 19.1. The first-order valence-electron chi connectivity index (χ1n) is 10.5. The molecule has 0 aliphatic rings. The highest BCUT2D eigenvalue weighted by Crippen LogP contribution is 2.36. The van der Waals surface area contributed by atoms with E-state index in [2.05, 4.69) is 10.3 Å². The zero-order chi connectivity index (χ0) is 22.5. The first kappa shape index (κ1) is 21.4. The van der Waals surface area contributed by atoms with Gasteiger partial charge in [-0.3, -0.25) is 4.79 Å². The summed E-state index contributed by atoms with van der Waals surface area (Å²) in [6.07, 6.45) is 1.95. The second-order valence-electron chi connectivity index (χ2n) is 7.38. The number of fused-ring (bicyclic) bond motifs is 1. The molecule has 0 aliphatic heterocycles. The van der Waals surface area contributed by atoms with Crippen molar-refractivity contribution in [2.75, 3.05) is 20.3 Å². The predicted molar refractivity (Wildman–Crippen MR) is 123 cm³/mol. The van der Waals surface area contributed by atoms with Gasteiger partial charge in [0.25, 0.3) is 5.91 Å². The van der Waals surface area contributed by atoms with Crippen LogP contribution in [-0.4, -0.2) is 31.2 Å². The molecule has 0 unspecified atom stereocenters. The average molecular weight is 432 g/mol. The molecule has 5 nitrogen and oxygen atoms in total. The fourth-order valence-corrected chi connectivity index (χ4v) is 3.90. The maximum atomic E-state index is 14.1. The van der Waals surface area contributed by atoms with Gasteiger partial charge in [0, 0.05) is 29.6 Å². The number of carbonyl (C=O) groups is 1. The molecule has 32 heavy (non-hydrogen) atoms. The van der Waals surface area contributed by atoms with Crippen molar-refractivity contribution >= 4 is 16.8 Å². The van der Waals surface area contributed by atoms with Crippen LogP contribution in [0.2, 0.25) is 0 Å². The van der Waals surface area contributed by atoms with Crippen LogP contribution in [0.15, 0.2) is 72.9 Å². The number of nitrogens with one attached hydrogen (secondary N) is 2. The summed E-state index contributed by atoms with van der Waals surface area (Å²) >= 11 is 0. The summed E-state index contributed by atoms with van der Waals surface area (Å²) in [7, 11) is 1.60. The van der Waals surface area contributed by atoms with Crippen LogP contribution in [-0.2, 0) is 0 Å². The molecule has 1 amide bonds. The predicted octanol–water partition coefficient (Wildman–Crippen LogP) is 5.28. The number of ether oxygens (including phenoxy) is 2. The Morgan fingerprint density at radius 2 is 1.84 bits per heavy atom. The Labute approximate surface area is 186 Å². The van der Waals surface area contributed by atoms with Crippen LogP contribution in [0.3, 0.4) is 0 Å². The van der Waals surface area contributed by atoms with E-state index < -0.39 is 11.7 Å². The molecule has 3 aromatic carbocycles. The maximum absolute atomic E-state index is 14.1. The summed E-state index contributed by atoms with van der Waals surface area (Å²) in [6, 6.07) is 19.7. The van der Waals surface area contributed by atoms with Crippen molar-refractivity contribution in [3.63, 3.8) is 0 Å². The van der Waals surface area contributed by atoms with Crippen molar-refractivity contribution in [3.05, 3.63) is 95.4 Å².